The summed E-state index contributed by atoms with van der Waals surface area (Å²) in [6, 6.07) is 10.7. The molecule has 0 spiro atoms. The van der Waals surface area contributed by atoms with Crippen LogP contribution in [0.15, 0.2) is 41.8 Å². The van der Waals surface area contributed by atoms with Crippen molar-refractivity contribution in [2.75, 3.05) is 25.1 Å². The van der Waals surface area contributed by atoms with Gasteiger partial charge in [-0.15, -0.1) is 11.3 Å². The molecule has 3 rings (SSSR count). The fourth-order valence-corrected chi connectivity index (χ4v) is 3.14. The Balaban J connectivity index is 1.74. The van der Waals surface area contributed by atoms with Crippen molar-refractivity contribution in [2.45, 2.75) is 13.0 Å². The van der Waals surface area contributed by atoms with Gasteiger partial charge in [-0.3, -0.25) is 9.59 Å². The van der Waals surface area contributed by atoms with Gasteiger partial charge in [-0.25, -0.2) is 0 Å². The van der Waals surface area contributed by atoms with Gasteiger partial charge in [-0.05, 0) is 36.6 Å². The minimum absolute atomic E-state index is 0.0342. The van der Waals surface area contributed by atoms with Crippen LogP contribution in [0.1, 0.15) is 27.0 Å². The van der Waals surface area contributed by atoms with Gasteiger partial charge >= 0.3 is 0 Å². The summed E-state index contributed by atoms with van der Waals surface area (Å²) in [4.78, 5) is 27.2. The van der Waals surface area contributed by atoms with Crippen LogP contribution in [0, 0.1) is 0 Å². The molecule has 6 heteroatoms. The molecule has 2 aromatic rings. The number of thiophene rings is 1. The van der Waals surface area contributed by atoms with Crippen LogP contribution in [0.25, 0.3) is 0 Å². The number of rotatable bonds is 3. The smallest absolute Gasteiger partial charge is 0.265 e. The molecular weight excluding hydrogens is 312 g/mol. The topological polar surface area (TPSA) is 58.6 Å². The maximum atomic E-state index is 12.6. The minimum Gasteiger partial charge on any atom is -0.377 e. The van der Waals surface area contributed by atoms with Gasteiger partial charge in [0.1, 0.15) is 0 Å². The summed E-state index contributed by atoms with van der Waals surface area (Å²) in [7, 11) is 0. The normalized spacial score (nSPS) is 17.8. The van der Waals surface area contributed by atoms with Gasteiger partial charge in [-0.1, -0.05) is 12.1 Å². The number of hydrogen-bond donors (Lipinski definition) is 1. The summed E-state index contributed by atoms with van der Waals surface area (Å²) in [5.41, 5.74) is 1.19. The second kappa shape index (κ2) is 6.93. The number of nitrogens with zero attached hydrogens (tertiary/aromatic N) is 1. The van der Waals surface area contributed by atoms with Gasteiger partial charge in [0.05, 0.1) is 24.1 Å². The third-order valence-electron chi connectivity index (χ3n) is 3.74. The Hall–Kier alpha value is -2.18. The number of anilines is 1. The van der Waals surface area contributed by atoms with Crippen molar-refractivity contribution in [3.63, 3.8) is 0 Å². The molecule has 0 radical (unpaired) electrons. The second-order valence-corrected chi connectivity index (χ2v) is 6.38. The van der Waals surface area contributed by atoms with Crippen molar-refractivity contribution < 1.29 is 14.3 Å². The van der Waals surface area contributed by atoms with Gasteiger partial charge in [0, 0.05) is 17.8 Å². The van der Waals surface area contributed by atoms with E-state index in [0.717, 1.165) is 0 Å². The highest BCUT2D eigenvalue weighted by atomic mass is 32.1. The lowest BCUT2D eigenvalue weighted by Gasteiger charge is -2.33. The van der Waals surface area contributed by atoms with Crippen LogP contribution in [-0.4, -0.2) is 42.5 Å². The van der Waals surface area contributed by atoms with Gasteiger partial charge in [-0.2, -0.15) is 0 Å². The number of morpholine rings is 1. The molecule has 1 aromatic carbocycles. The Morgan fingerprint density at radius 2 is 2.17 bits per heavy atom. The molecular formula is C17H18N2O3S. The first-order valence-electron chi connectivity index (χ1n) is 7.49. The quantitative estimate of drug-likeness (QED) is 0.941. The summed E-state index contributed by atoms with van der Waals surface area (Å²) in [5, 5.41) is 4.69. The largest absolute Gasteiger partial charge is 0.377 e. The van der Waals surface area contributed by atoms with Crippen molar-refractivity contribution in [3.8, 4) is 0 Å². The zero-order chi connectivity index (χ0) is 16.2. The number of benzene rings is 1. The van der Waals surface area contributed by atoms with Crippen LogP contribution in [-0.2, 0) is 4.74 Å². The van der Waals surface area contributed by atoms with Crippen LogP contribution in [0.3, 0.4) is 0 Å². The molecule has 0 aliphatic carbocycles. The van der Waals surface area contributed by atoms with E-state index in [2.05, 4.69) is 5.32 Å². The maximum absolute atomic E-state index is 12.6. The van der Waals surface area contributed by atoms with Gasteiger partial charge in [0.15, 0.2) is 0 Å². The maximum Gasteiger partial charge on any atom is 0.265 e. The van der Waals surface area contributed by atoms with Crippen LogP contribution >= 0.6 is 11.3 Å². The lowest BCUT2D eigenvalue weighted by molar-refractivity contribution is 0.00359. The fraction of sp³-hybridized carbons (Fsp3) is 0.294. The van der Waals surface area contributed by atoms with Crippen molar-refractivity contribution >= 4 is 28.8 Å². The van der Waals surface area contributed by atoms with Crippen LogP contribution in [0.5, 0.6) is 0 Å². The third-order valence-corrected chi connectivity index (χ3v) is 4.61. The molecule has 0 unspecified atom stereocenters. The highest BCUT2D eigenvalue weighted by Crippen LogP contribution is 2.18. The molecule has 1 N–H and O–H groups in total. The first kappa shape index (κ1) is 15.7. The van der Waals surface area contributed by atoms with Gasteiger partial charge in [0.25, 0.3) is 11.8 Å². The van der Waals surface area contributed by atoms with Crippen LogP contribution < -0.4 is 5.32 Å². The molecule has 120 valence electrons. The van der Waals surface area contributed by atoms with Gasteiger partial charge < -0.3 is 15.0 Å². The summed E-state index contributed by atoms with van der Waals surface area (Å²) in [5.74, 6) is -0.197. The number of nitrogens with one attached hydrogen (secondary N) is 1. The van der Waals surface area contributed by atoms with E-state index in [4.69, 9.17) is 4.74 Å². The molecule has 2 amide bonds. The average molecular weight is 330 g/mol. The van der Waals surface area contributed by atoms with E-state index in [9.17, 15) is 9.59 Å². The van der Waals surface area contributed by atoms with E-state index in [0.29, 0.717) is 35.9 Å². The molecule has 5 nitrogen and oxygen atoms in total. The molecule has 0 saturated carbocycles. The molecule has 0 bridgehead atoms. The molecule has 1 aliphatic rings. The first-order chi connectivity index (χ1) is 11.1. The Labute approximate surface area is 138 Å². The van der Waals surface area contributed by atoms with Crippen molar-refractivity contribution in [1.29, 1.82) is 0 Å². The van der Waals surface area contributed by atoms with Crippen molar-refractivity contribution in [3.05, 3.63) is 52.2 Å². The minimum atomic E-state index is -0.163. The summed E-state index contributed by atoms with van der Waals surface area (Å²) in [6.07, 6.45) is 0. The highest BCUT2D eigenvalue weighted by Gasteiger charge is 2.24. The lowest BCUT2D eigenvalue weighted by Crippen LogP contribution is -2.47. The van der Waals surface area contributed by atoms with E-state index in [1.165, 1.54) is 11.3 Å². The predicted molar refractivity (Wildman–Crippen MR) is 90.0 cm³/mol. The number of ether oxygens (including phenoxy) is 1. The summed E-state index contributed by atoms with van der Waals surface area (Å²) in [6.45, 7) is 3.68. The Morgan fingerprint density at radius 1 is 1.30 bits per heavy atom. The number of hydrogen-bond acceptors (Lipinski definition) is 4. The van der Waals surface area contributed by atoms with Crippen molar-refractivity contribution in [2.24, 2.45) is 0 Å². The molecule has 1 saturated heterocycles. The fourth-order valence-electron chi connectivity index (χ4n) is 2.53. The predicted octanol–water partition coefficient (Wildman–Crippen LogP) is 2.86. The average Bonchev–Trinajstić information content (AvgIpc) is 3.09. The molecule has 1 atom stereocenters. The first-order valence-corrected chi connectivity index (χ1v) is 8.37. The van der Waals surface area contributed by atoms with E-state index in [1.54, 1.807) is 30.3 Å². The standard InChI is InChI=1S/C17H18N2O3S/c1-12-11-22-8-7-19(12)17(21)13-4-2-5-14(10-13)18-16(20)15-6-3-9-23-15/h2-6,9-10,12H,7-8,11H2,1H3,(H,18,20)/t12-/m1/s1. The lowest BCUT2D eigenvalue weighted by atomic mass is 10.1. The third kappa shape index (κ3) is 3.60. The van der Waals surface area contributed by atoms with Gasteiger partial charge in [0.2, 0.25) is 0 Å². The molecule has 1 aliphatic heterocycles. The van der Waals surface area contributed by atoms with Crippen LogP contribution in [0.4, 0.5) is 5.69 Å². The number of amides is 2. The SMILES string of the molecule is C[C@@H]1COCCN1C(=O)c1cccc(NC(=O)c2cccs2)c1. The molecule has 1 fully saturated rings. The Morgan fingerprint density at radius 3 is 2.91 bits per heavy atom. The Bertz CT molecular complexity index is 700. The monoisotopic (exact) mass is 330 g/mol. The van der Waals surface area contributed by atoms with E-state index in [-0.39, 0.29) is 17.9 Å². The molecule has 2 heterocycles. The zero-order valence-electron chi connectivity index (χ0n) is 12.8. The second-order valence-electron chi connectivity index (χ2n) is 5.43. The Kier molecular flexibility index (Phi) is 4.73. The van der Waals surface area contributed by atoms with E-state index >= 15 is 0 Å². The summed E-state index contributed by atoms with van der Waals surface area (Å²) < 4.78 is 5.37. The molecule has 23 heavy (non-hydrogen) atoms. The van der Waals surface area contributed by atoms with E-state index < -0.39 is 0 Å². The summed E-state index contributed by atoms with van der Waals surface area (Å²) >= 11 is 1.38. The molecule has 1 aromatic heterocycles. The number of carbonyl (C=O) groups excluding carboxylic acids is 2. The van der Waals surface area contributed by atoms with Crippen LogP contribution in [0.2, 0.25) is 0 Å². The zero-order valence-corrected chi connectivity index (χ0v) is 13.6. The number of carbonyl (C=O) groups is 2. The highest BCUT2D eigenvalue weighted by molar-refractivity contribution is 7.12. The van der Waals surface area contributed by atoms with E-state index in [1.807, 2.05) is 23.3 Å². The van der Waals surface area contributed by atoms with Crippen molar-refractivity contribution in [1.82, 2.24) is 4.90 Å².